The fourth-order valence-electron chi connectivity index (χ4n) is 1.77. The zero-order chi connectivity index (χ0) is 15.7. The molecule has 0 fully saturated rings. The first kappa shape index (κ1) is 15.1. The topological polar surface area (TPSA) is 47.8 Å². The molecule has 0 aliphatic heterocycles. The van der Waals surface area contributed by atoms with Crippen molar-refractivity contribution in [1.29, 1.82) is 0 Å². The van der Waals surface area contributed by atoms with E-state index in [1.165, 1.54) is 4.68 Å². The maximum absolute atomic E-state index is 13.5. The zero-order valence-corrected chi connectivity index (χ0v) is 10.6. The normalized spacial score (nSPS) is 11.0. The maximum atomic E-state index is 13.5. The highest BCUT2D eigenvalue weighted by Gasteiger charge is 2.30. The highest BCUT2D eigenvalue weighted by Crippen LogP contribution is 2.24. The van der Waals surface area contributed by atoms with Crippen LogP contribution in [-0.4, -0.2) is 20.5 Å². The lowest BCUT2D eigenvalue weighted by atomic mass is 10.1. The summed E-state index contributed by atoms with van der Waals surface area (Å²) in [5.41, 5.74) is -1.47. The Morgan fingerprint density at radius 3 is 2.10 bits per heavy atom. The van der Waals surface area contributed by atoms with E-state index >= 15 is 0 Å². The van der Waals surface area contributed by atoms with E-state index in [1.54, 1.807) is 6.92 Å². The fraction of sp³-hybridized carbons (Fsp3) is 0.250. The average molecular weight is 305 g/mol. The van der Waals surface area contributed by atoms with Crippen LogP contribution in [0.2, 0.25) is 0 Å². The third-order valence-electron chi connectivity index (χ3n) is 2.80. The summed E-state index contributed by atoms with van der Waals surface area (Å²) in [5, 5.41) is 3.73. The first-order chi connectivity index (χ1) is 9.88. The van der Waals surface area contributed by atoms with Gasteiger partial charge >= 0.3 is 0 Å². The second-order valence-electron chi connectivity index (χ2n) is 4.04. The number of carbonyl (C=O) groups is 1. The predicted molar refractivity (Wildman–Crippen MR) is 60.0 cm³/mol. The summed E-state index contributed by atoms with van der Waals surface area (Å²) in [5.74, 6) is -12.1. The van der Waals surface area contributed by atoms with E-state index in [1.807, 2.05) is 0 Å². The molecule has 0 saturated carbocycles. The predicted octanol–water partition coefficient (Wildman–Crippen LogP) is 2.42. The van der Waals surface area contributed by atoms with Crippen LogP contribution in [0.4, 0.5) is 22.0 Å². The first-order valence-electron chi connectivity index (χ1n) is 5.79. The summed E-state index contributed by atoms with van der Waals surface area (Å²) in [6, 6.07) is 0. The van der Waals surface area contributed by atoms with Gasteiger partial charge in [0.05, 0.1) is 12.0 Å². The van der Waals surface area contributed by atoms with Crippen molar-refractivity contribution in [2.45, 2.75) is 19.9 Å². The molecule has 1 heterocycles. The minimum Gasteiger partial charge on any atom is -0.293 e. The highest BCUT2D eigenvalue weighted by molar-refractivity contribution is 5.97. The van der Waals surface area contributed by atoms with Crippen LogP contribution >= 0.6 is 0 Å². The second-order valence-corrected chi connectivity index (χ2v) is 4.04. The van der Waals surface area contributed by atoms with Gasteiger partial charge in [-0.3, -0.25) is 4.79 Å². The summed E-state index contributed by atoms with van der Waals surface area (Å²) in [6.45, 7) is 2.01. The molecule has 1 aromatic carbocycles. The zero-order valence-electron chi connectivity index (χ0n) is 10.6. The van der Waals surface area contributed by atoms with Crippen molar-refractivity contribution in [3.05, 3.63) is 46.8 Å². The summed E-state index contributed by atoms with van der Waals surface area (Å²) in [6.07, 6.45) is 0.483. The third kappa shape index (κ3) is 2.50. The Bertz CT molecular complexity index is 684. The van der Waals surface area contributed by atoms with Crippen molar-refractivity contribution in [2.75, 3.05) is 0 Å². The van der Waals surface area contributed by atoms with Gasteiger partial charge in [0.1, 0.15) is 12.2 Å². The van der Waals surface area contributed by atoms with Crippen LogP contribution in [0.15, 0.2) is 6.33 Å². The van der Waals surface area contributed by atoms with Crippen molar-refractivity contribution < 1.29 is 26.7 Å². The SMILES string of the molecule is CCn1ncnc1CC(=O)c1c(F)c(F)c(F)c(F)c1F. The van der Waals surface area contributed by atoms with Gasteiger partial charge in [-0.1, -0.05) is 0 Å². The number of hydrogen-bond donors (Lipinski definition) is 0. The van der Waals surface area contributed by atoms with Gasteiger partial charge in [-0.2, -0.15) is 5.10 Å². The molecule has 2 rings (SSSR count). The van der Waals surface area contributed by atoms with Crippen molar-refractivity contribution in [1.82, 2.24) is 14.8 Å². The molecule has 0 saturated heterocycles. The maximum Gasteiger partial charge on any atom is 0.200 e. The molecule has 0 amide bonds. The summed E-state index contributed by atoms with van der Waals surface area (Å²) in [4.78, 5) is 15.5. The smallest absolute Gasteiger partial charge is 0.200 e. The van der Waals surface area contributed by atoms with Gasteiger partial charge in [0.25, 0.3) is 0 Å². The molecule has 112 valence electrons. The lowest BCUT2D eigenvalue weighted by molar-refractivity contribution is 0.0978. The van der Waals surface area contributed by atoms with Crippen LogP contribution < -0.4 is 0 Å². The molecule has 0 bridgehead atoms. The fourth-order valence-corrected chi connectivity index (χ4v) is 1.77. The Morgan fingerprint density at radius 1 is 1.05 bits per heavy atom. The number of rotatable bonds is 4. The number of carbonyl (C=O) groups excluding carboxylic acids is 1. The molecule has 1 aromatic heterocycles. The van der Waals surface area contributed by atoms with Crippen LogP contribution in [-0.2, 0) is 13.0 Å². The van der Waals surface area contributed by atoms with Crippen molar-refractivity contribution in [2.24, 2.45) is 0 Å². The molecule has 0 atom stereocenters. The number of halogens is 5. The minimum atomic E-state index is -2.31. The van der Waals surface area contributed by atoms with E-state index < -0.39 is 46.9 Å². The summed E-state index contributed by atoms with van der Waals surface area (Å²) < 4.78 is 67.2. The molecule has 0 spiro atoms. The summed E-state index contributed by atoms with van der Waals surface area (Å²) in [7, 11) is 0. The summed E-state index contributed by atoms with van der Waals surface area (Å²) >= 11 is 0. The molecular formula is C12H8F5N3O. The number of ketones is 1. The van der Waals surface area contributed by atoms with Crippen LogP contribution in [0.3, 0.4) is 0 Å². The van der Waals surface area contributed by atoms with Gasteiger partial charge in [-0.05, 0) is 6.92 Å². The van der Waals surface area contributed by atoms with Gasteiger partial charge in [0.2, 0.25) is 5.82 Å². The van der Waals surface area contributed by atoms with E-state index in [-0.39, 0.29) is 5.82 Å². The Hall–Kier alpha value is -2.32. The number of aryl methyl sites for hydroxylation is 1. The van der Waals surface area contributed by atoms with Crippen molar-refractivity contribution in [3.8, 4) is 0 Å². The van der Waals surface area contributed by atoms with Crippen LogP contribution in [0.5, 0.6) is 0 Å². The van der Waals surface area contributed by atoms with Crippen molar-refractivity contribution >= 4 is 5.78 Å². The molecule has 0 aliphatic rings. The van der Waals surface area contributed by atoms with Crippen LogP contribution in [0, 0.1) is 29.1 Å². The Balaban J connectivity index is 2.45. The molecule has 2 aromatic rings. The number of aromatic nitrogens is 3. The Kier molecular flexibility index (Phi) is 4.01. The highest BCUT2D eigenvalue weighted by atomic mass is 19.2. The Morgan fingerprint density at radius 2 is 1.57 bits per heavy atom. The number of nitrogens with zero attached hydrogens (tertiary/aromatic N) is 3. The van der Waals surface area contributed by atoms with Crippen LogP contribution in [0.1, 0.15) is 23.1 Å². The quantitative estimate of drug-likeness (QED) is 0.377. The lowest BCUT2D eigenvalue weighted by Gasteiger charge is -2.07. The van der Waals surface area contributed by atoms with E-state index in [4.69, 9.17) is 0 Å². The minimum absolute atomic E-state index is 0.0615. The van der Waals surface area contributed by atoms with Crippen molar-refractivity contribution in [3.63, 3.8) is 0 Å². The number of Topliss-reactive ketones (excluding diaryl/α,β-unsaturated/α-hetero) is 1. The first-order valence-corrected chi connectivity index (χ1v) is 5.79. The van der Waals surface area contributed by atoms with Crippen LogP contribution in [0.25, 0.3) is 0 Å². The van der Waals surface area contributed by atoms with Gasteiger partial charge in [-0.25, -0.2) is 31.6 Å². The van der Waals surface area contributed by atoms with E-state index in [9.17, 15) is 26.7 Å². The van der Waals surface area contributed by atoms with Gasteiger partial charge < -0.3 is 0 Å². The van der Waals surface area contributed by atoms with Gasteiger partial charge in [0.15, 0.2) is 29.1 Å². The monoisotopic (exact) mass is 305 g/mol. The largest absolute Gasteiger partial charge is 0.293 e. The second kappa shape index (κ2) is 5.58. The molecular weight excluding hydrogens is 297 g/mol. The standard InChI is InChI=1S/C12H8F5N3O/c1-2-20-6(18-4-19-20)3-5(21)7-8(13)10(15)12(17)11(16)9(7)14/h4H,2-3H2,1H3. The third-order valence-corrected chi connectivity index (χ3v) is 2.80. The number of hydrogen-bond acceptors (Lipinski definition) is 3. The number of benzene rings is 1. The van der Waals surface area contributed by atoms with Gasteiger partial charge in [0, 0.05) is 6.54 Å². The van der Waals surface area contributed by atoms with E-state index in [2.05, 4.69) is 10.1 Å². The molecule has 0 radical (unpaired) electrons. The molecule has 0 aliphatic carbocycles. The molecule has 0 N–H and O–H groups in total. The molecule has 0 unspecified atom stereocenters. The average Bonchev–Trinajstić information content (AvgIpc) is 2.90. The molecule has 4 nitrogen and oxygen atoms in total. The lowest BCUT2D eigenvalue weighted by Crippen LogP contribution is -2.17. The molecule has 21 heavy (non-hydrogen) atoms. The molecule has 9 heteroatoms. The van der Waals surface area contributed by atoms with Gasteiger partial charge in [-0.15, -0.1) is 0 Å². The van der Waals surface area contributed by atoms with E-state index in [0.717, 1.165) is 6.33 Å². The van der Waals surface area contributed by atoms with E-state index in [0.29, 0.717) is 6.54 Å². The Labute approximate surface area is 115 Å².